The lowest BCUT2D eigenvalue weighted by atomic mass is 9.82. The van der Waals surface area contributed by atoms with E-state index in [4.69, 9.17) is 5.73 Å². The van der Waals surface area contributed by atoms with Gasteiger partial charge in [0.15, 0.2) is 15.6 Å². The second kappa shape index (κ2) is 9.00. The zero-order chi connectivity index (χ0) is 17.4. The number of sulfone groups is 1. The van der Waals surface area contributed by atoms with E-state index in [-0.39, 0.29) is 17.3 Å². The molecule has 0 aliphatic rings. The zero-order valence-electron chi connectivity index (χ0n) is 14.2. The van der Waals surface area contributed by atoms with Crippen molar-refractivity contribution < 1.29 is 13.2 Å². The van der Waals surface area contributed by atoms with Gasteiger partial charge in [-0.2, -0.15) is 0 Å². The average Bonchev–Trinajstić information content (AvgIpc) is 2.48. The molecule has 1 heterocycles. The largest absolute Gasteiger partial charge is 0.321 e. The SMILES string of the molecule is CC.CCC(C)(C)C(=O)C(N)CS(=O)(=O)Cc1cccnc1. The van der Waals surface area contributed by atoms with Gasteiger partial charge in [0.25, 0.3) is 0 Å². The van der Waals surface area contributed by atoms with E-state index in [0.29, 0.717) is 12.0 Å². The molecule has 0 saturated heterocycles. The second-order valence-corrected chi connectivity index (χ2v) is 7.73. The first-order chi connectivity index (χ1) is 10.2. The lowest BCUT2D eigenvalue weighted by Gasteiger charge is -2.24. The lowest BCUT2D eigenvalue weighted by Crippen LogP contribution is -2.44. The van der Waals surface area contributed by atoms with Gasteiger partial charge >= 0.3 is 0 Å². The molecule has 5 nitrogen and oxygen atoms in total. The standard InChI is InChI=1S/C14H22N2O3S.C2H6/c1-4-14(2,3)13(17)12(15)10-20(18,19)9-11-6-5-7-16-8-11;1-2/h5-8,12H,4,9-10,15H2,1-3H3;1-2H3. The van der Waals surface area contributed by atoms with Gasteiger partial charge in [0, 0.05) is 17.8 Å². The first-order valence-electron chi connectivity index (χ1n) is 7.57. The van der Waals surface area contributed by atoms with Crippen molar-refractivity contribution in [1.82, 2.24) is 4.98 Å². The summed E-state index contributed by atoms with van der Waals surface area (Å²) >= 11 is 0. The average molecular weight is 328 g/mol. The quantitative estimate of drug-likeness (QED) is 0.829. The van der Waals surface area contributed by atoms with E-state index < -0.39 is 21.3 Å². The third-order valence-corrected chi connectivity index (χ3v) is 5.07. The summed E-state index contributed by atoms with van der Waals surface area (Å²) in [6.07, 6.45) is 3.71. The van der Waals surface area contributed by atoms with Gasteiger partial charge in [-0.05, 0) is 18.1 Å². The third-order valence-electron chi connectivity index (χ3n) is 3.43. The van der Waals surface area contributed by atoms with Crippen molar-refractivity contribution in [1.29, 1.82) is 0 Å². The summed E-state index contributed by atoms with van der Waals surface area (Å²) < 4.78 is 24.1. The molecule has 1 unspecified atom stereocenters. The predicted octanol–water partition coefficient (Wildman–Crippen LogP) is 2.36. The Bertz CT molecular complexity index is 554. The Kier molecular flexibility index (Phi) is 8.48. The number of nitrogens with zero attached hydrogens (tertiary/aromatic N) is 1. The first-order valence-corrected chi connectivity index (χ1v) is 9.39. The number of rotatable bonds is 7. The summed E-state index contributed by atoms with van der Waals surface area (Å²) in [5.74, 6) is -0.687. The van der Waals surface area contributed by atoms with Crippen LogP contribution in [0.5, 0.6) is 0 Å². The summed E-state index contributed by atoms with van der Waals surface area (Å²) in [5, 5.41) is 0. The third kappa shape index (κ3) is 6.66. The summed E-state index contributed by atoms with van der Waals surface area (Å²) in [6, 6.07) is 2.39. The molecule has 1 atom stereocenters. The summed E-state index contributed by atoms with van der Waals surface area (Å²) in [5.41, 5.74) is 5.78. The van der Waals surface area contributed by atoms with Crippen molar-refractivity contribution in [3.8, 4) is 0 Å². The molecule has 0 amide bonds. The Hall–Kier alpha value is -1.27. The highest BCUT2D eigenvalue weighted by atomic mass is 32.2. The van der Waals surface area contributed by atoms with Crippen LogP contribution in [-0.4, -0.2) is 31.0 Å². The van der Waals surface area contributed by atoms with Crippen LogP contribution in [0.1, 0.15) is 46.6 Å². The molecule has 0 aromatic carbocycles. The smallest absolute Gasteiger partial charge is 0.156 e. The minimum atomic E-state index is -3.43. The molecule has 6 heteroatoms. The van der Waals surface area contributed by atoms with Crippen molar-refractivity contribution in [2.45, 2.75) is 52.8 Å². The van der Waals surface area contributed by atoms with Crippen molar-refractivity contribution in [2.75, 3.05) is 5.75 Å². The van der Waals surface area contributed by atoms with Gasteiger partial charge in [-0.15, -0.1) is 0 Å². The highest BCUT2D eigenvalue weighted by Crippen LogP contribution is 2.22. The van der Waals surface area contributed by atoms with Gasteiger partial charge in [-0.1, -0.05) is 40.7 Å². The van der Waals surface area contributed by atoms with E-state index in [1.165, 1.54) is 6.20 Å². The van der Waals surface area contributed by atoms with Crippen LogP contribution < -0.4 is 5.73 Å². The van der Waals surface area contributed by atoms with Crippen LogP contribution in [0.2, 0.25) is 0 Å². The highest BCUT2D eigenvalue weighted by molar-refractivity contribution is 7.90. The van der Waals surface area contributed by atoms with Crippen LogP contribution in [0.4, 0.5) is 0 Å². The molecule has 0 fully saturated rings. The summed E-state index contributed by atoms with van der Waals surface area (Å²) in [4.78, 5) is 16.0. The number of pyridine rings is 1. The molecule has 0 spiro atoms. The highest BCUT2D eigenvalue weighted by Gasteiger charge is 2.32. The van der Waals surface area contributed by atoms with Crippen molar-refractivity contribution in [2.24, 2.45) is 11.1 Å². The lowest BCUT2D eigenvalue weighted by molar-refractivity contribution is -0.128. The Morgan fingerprint density at radius 1 is 1.36 bits per heavy atom. The fourth-order valence-electron chi connectivity index (χ4n) is 1.82. The minimum absolute atomic E-state index is 0.144. The molecule has 0 bridgehead atoms. The van der Waals surface area contributed by atoms with Crippen molar-refractivity contribution in [3.63, 3.8) is 0 Å². The number of carbonyl (C=O) groups is 1. The molecule has 0 aliphatic heterocycles. The Labute approximate surface area is 134 Å². The first kappa shape index (κ1) is 20.7. The molecule has 1 rings (SSSR count). The number of aromatic nitrogens is 1. The number of carbonyl (C=O) groups excluding carboxylic acids is 1. The molecule has 2 N–H and O–H groups in total. The second-order valence-electron chi connectivity index (χ2n) is 5.62. The number of ketones is 1. The molecule has 0 saturated carbocycles. The monoisotopic (exact) mass is 328 g/mol. The molecule has 1 aromatic heterocycles. The fourth-order valence-corrected chi connectivity index (χ4v) is 3.32. The number of nitrogens with two attached hydrogens (primary N) is 1. The number of hydrogen-bond donors (Lipinski definition) is 1. The zero-order valence-corrected chi connectivity index (χ0v) is 15.0. The molecule has 1 aromatic rings. The number of Topliss-reactive ketones (excluding diaryl/α,β-unsaturated/α-hetero) is 1. The molecular formula is C16H28N2O3S. The maximum Gasteiger partial charge on any atom is 0.156 e. The Morgan fingerprint density at radius 3 is 2.41 bits per heavy atom. The normalized spacial score (nSPS) is 13.0. The summed E-state index contributed by atoms with van der Waals surface area (Å²) in [6.45, 7) is 9.45. The summed E-state index contributed by atoms with van der Waals surface area (Å²) in [7, 11) is -3.43. The topological polar surface area (TPSA) is 90.1 Å². The van der Waals surface area contributed by atoms with Crippen LogP contribution in [0.15, 0.2) is 24.5 Å². The van der Waals surface area contributed by atoms with Gasteiger partial charge in [0.2, 0.25) is 0 Å². The van der Waals surface area contributed by atoms with Crippen molar-refractivity contribution in [3.05, 3.63) is 30.1 Å². The van der Waals surface area contributed by atoms with Gasteiger partial charge in [-0.25, -0.2) is 8.42 Å². The van der Waals surface area contributed by atoms with Crippen LogP contribution in [0.25, 0.3) is 0 Å². The van der Waals surface area contributed by atoms with Crippen molar-refractivity contribution >= 4 is 15.6 Å². The van der Waals surface area contributed by atoms with Gasteiger partial charge in [-0.3, -0.25) is 9.78 Å². The molecule has 0 radical (unpaired) electrons. The Morgan fingerprint density at radius 2 is 1.95 bits per heavy atom. The fraction of sp³-hybridized carbons (Fsp3) is 0.625. The van der Waals surface area contributed by atoms with Crippen LogP contribution in [0, 0.1) is 5.41 Å². The van der Waals surface area contributed by atoms with Gasteiger partial charge in [0.05, 0.1) is 17.5 Å². The van der Waals surface area contributed by atoms with Crippen LogP contribution in [-0.2, 0) is 20.4 Å². The van der Waals surface area contributed by atoms with Crippen LogP contribution in [0.3, 0.4) is 0 Å². The maximum atomic E-state index is 12.1. The van der Waals surface area contributed by atoms with E-state index in [1.807, 2.05) is 20.8 Å². The molecule has 22 heavy (non-hydrogen) atoms. The predicted molar refractivity (Wildman–Crippen MR) is 90.1 cm³/mol. The minimum Gasteiger partial charge on any atom is -0.321 e. The molecule has 0 aliphatic carbocycles. The maximum absolute atomic E-state index is 12.1. The van der Waals surface area contributed by atoms with E-state index in [1.54, 1.807) is 32.2 Å². The molecular weight excluding hydrogens is 300 g/mol. The van der Waals surface area contributed by atoms with Gasteiger partial charge < -0.3 is 5.73 Å². The number of hydrogen-bond acceptors (Lipinski definition) is 5. The van der Waals surface area contributed by atoms with E-state index in [0.717, 1.165) is 0 Å². The van der Waals surface area contributed by atoms with Gasteiger partial charge in [0.1, 0.15) is 0 Å². The van der Waals surface area contributed by atoms with E-state index in [2.05, 4.69) is 4.98 Å². The van der Waals surface area contributed by atoms with E-state index in [9.17, 15) is 13.2 Å². The molecule has 126 valence electrons. The van der Waals surface area contributed by atoms with Crippen LogP contribution >= 0.6 is 0 Å². The van der Waals surface area contributed by atoms with E-state index >= 15 is 0 Å². The Balaban J connectivity index is 0.00000211.